The molecule has 184 valence electrons. The molecule has 4 fully saturated rings. The van der Waals surface area contributed by atoms with Crippen molar-refractivity contribution < 1.29 is 14.7 Å². The molecule has 33 heavy (non-hydrogen) atoms. The minimum Gasteiger partial charge on any atom is -0.481 e. The minimum atomic E-state index is -0.517. The highest BCUT2D eigenvalue weighted by Gasteiger charge is 2.71. The first-order valence-corrected chi connectivity index (χ1v) is 13.7. The monoisotopic (exact) mass is 454 g/mol. The lowest BCUT2D eigenvalue weighted by Crippen LogP contribution is -2.66. The number of allylic oxidation sites excluding steroid dienone is 2. The molecule has 0 aromatic heterocycles. The maximum Gasteiger partial charge on any atom is 0.309 e. The quantitative estimate of drug-likeness (QED) is 0.482. The van der Waals surface area contributed by atoms with Gasteiger partial charge in [-0.05, 0) is 109 Å². The van der Waals surface area contributed by atoms with Crippen molar-refractivity contribution >= 4 is 11.8 Å². The predicted molar refractivity (Wildman–Crippen MR) is 132 cm³/mol. The van der Waals surface area contributed by atoms with E-state index in [-0.39, 0.29) is 21.7 Å². The Labute approximate surface area is 201 Å². The van der Waals surface area contributed by atoms with Crippen molar-refractivity contribution in [1.29, 1.82) is 0 Å². The summed E-state index contributed by atoms with van der Waals surface area (Å²) in [7, 11) is 0. The number of aliphatic carboxylic acids is 1. The van der Waals surface area contributed by atoms with E-state index < -0.39 is 11.4 Å². The van der Waals surface area contributed by atoms with Crippen molar-refractivity contribution in [3.63, 3.8) is 0 Å². The number of rotatable bonds is 2. The molecule has 3 nitrogen and oxygen atoms in total. The van der Waals surface area contributed by atoms with Gasteiger partial charge in [-0.25, -0.2) is 0 Å². The molecule has 4 saturated carbocycles. The van der Waals surface area contributed by atoms with Crippen LogP contribution in [0.2, 0.25) is 0 Å². The first kappa shape index (κ1) is 23.6. The van der Waals surface area contributed by atoms with Crippen LogP contribution in [0.3, 0.4) is 0 Å². The van der Waals surface area contributed by atoms with Crippen LogP contribution >= 0.6 is 0 Å². The van der Waals surface area contributed by atoms with E-state index in [1.54, 1.807) is 0 Å². The summed E-state index contributed by atoms with van der Waals surface area (Å²) >= 11 is 0. The van der Waals surface area contributed by atoms with Gasteiger partial charge in [0.15, 0.2) is 5.78 Å². The molecule has 5 aliphatic carbocycles. The van der Waals surface area contributed by atoms with Crippen molar-refractivity contribution in [1.82, 2.24) is 0 Å². The third kappa shape index (κ3) is 2.69. The van der Waals surface area contributed by atoms with Crippen LogP contribution in [0.5, 0.6) is 0 Å². The van der Waals surface area contributed by atoms with E-state index in [4.69, 9.17) is 0 Å². The zero-order chi connectivity index (χ0) is 24.2. The Balaban J connectivity index is 1.59. The Hall–Kier alpha value is -1.12. The van der Waals surface area contributed by atoms with Crippen LogP contribution in [0.1, 0.15) is 99.8 Å². The van der Waals surface area contributed by atoms with E-state index in [2.05, 4.69) is 54.5 Å². The molecular formula is C30H46O3. The fourth-order valence-electron chi connectivity index (χ4n) is 11.1. The Morgan fingerprint density at radius 1 is 0.909 bits per heavy atom. The number of carboxylic acid groups (broad SMARTS) is 1. The summed E-state index contributed by atoms with van der Waals surface area (Å²) in [6.45, 7) is 16.6. The number of hydrogen-bond donors (Lipinski definition) is 1. The number of carbonyl (C=O) groups is 2. The van der Waals surface area contributed by atoms with E-state index in [0.29, 0.717) is 41.3 Å². The SMILES string of the molecule is CC(C)[C@@H]1CC[C@]2(C(=O)O)CC[C@]3(C)[C@H](CC[C@@H]4[C@@]5(C)C=CC(=O)C(C)(C)[C@@H]5CC[C@]43C)[C@@H]12. The molecule has 0 radical (unpaired) electrons. The fraction of sp³-hybridized carbons (Fsp3) is 0.867. The second-order valence-electron chi connectivity index (χ2n) is 14.4. The second kappa shape index (κ2) is 6.97. The van der Waals surface area contributed by atoms with Gasteiger partial charge in [-0.15, -0.1) is 0 Å². The van der Waals surface area contributed by atoms with Crippen molar-refractivity contribution in [3.05, 3.63) is 12.2 Å². The smallest absolute Gasteiger partial charge is 0.309 e. The molecule has 0 aliphatic heterocycles. The third-order valence-corrected chi connectivity index (χ3v) is 13.0. The molecule has 0 amide bonds. The lowest BCUT2D eigenvalue weighted by atomic mass is 9.33. The maximum absolute atomic E-state index is 12.8. The molecule has 0 saturated heterocycles. The Morgan fingerprint density at radius 2 is 1.61 bits per heavy atom. The van der Waals surface area contributed by atoms with Gasteiger partial charge in [-0.2, -0.15) is 0 Å². The van der Waals surface area contributed by atoms with Crippen molar-refractivity contribution in [2.75, 3.05) is 0 Å². The van der Waals surface area contributed by atoms with Crippen LogP contribution in [-0.2, 0) is 9.59 Å². The zero-order valence-electron chi connectivity index (χ0n) is 22.0. The Morgan fingerprint density at radius 3 is 2.24 bits per heavy atom. The van der Waals surface area contributed by atoms with E-state index in [9.17, 15) is 14.7 Å². The summed E-state index contributed by atoms with van der Waals surface area (Å²) in [4.78, 5) is 25.6. The van der Waals surface area contributed by atoms with E-state index in [1.807, 2.05) is 6.08 Å². The van der Waals surface area contributed by atoms with Gasteiger partial charge in [-0.1, -0.05) is 54.5 Å². The molecule has 9 atom stereocenters. The van der Waals surface area contributed by atoms with Crippen molar-refractivity contribution in [2.24, 2.45) is 62.6 Å². The molecule has 5 rings (SSSR count). The van der Waals surface area contributed by atoms with Crippen LogP contribution < -0.4 is 0 Å². The van der Waals surface area contributed by atoms with Gasteiger partial charge >= 0.3 is 5.97 Å². The predicted octanol–water partition coefficient (Wildman–Crippen LogP) is 7.15. The molecule has 0 spiro atoms. The van der Waals surface area contributed by atoms with Crippen molar-refractivity contribution in [2.45, 2.75) is 99.8 Å². The average Bonchev–Trinajstić information content (AvgIpc) is 3.13. The minimum absolute atomic E-state index is 0.0485. The molecule has 5 aliphatic rings. The van der Waals surface area contributed by atoms with Gasteiger partial charge in [0.1, 0.15) is 0 Å². The summed E-state index contributed by atoms with van der Waals surface area (Å²) in [5.74, 6) is 2.63. The highest BCUT2D eigenvalue weighted by molar-refractivity contribution is 5.95. The van der Waals surface area contributed by atoms with Gasteiger partial charge in [0.05, 0.1) is 5.41 Å². The van der Waals surface area contributed by atoms with Gasteiger partial charge in [0, 0.05) is 5.41 Å². The summed E-state index contributed by atoms with van der Waals surface area (Å²) in [5, 5.41) is 10.5. The molecule has 3 heteroatoms. The summed E-state index contributed by atoms with van der Waals surface area (Å²) in [6.07, 6.45) is 12.7. The molecule has 0 bridgehead atoms. The zero-order valence-corrected chi connectivity index (χ0v) is 22.0. The lowest BCUT2D eigenvalue weighted by molar-refractivity contribution is -0.223. The maximum atomic E-state index is 12.8. The summed E-state index contributed by atoms with van der Waals surface area (Å²) < 4.78 is 0. The van der Waals surface area contributed by atoms with Gasteiger partial charge in [0.25, 0.3) is 0 Å². The number of hydrogen-bond acceptors (Lipinski definition) is 2. The number of carboxylic acids is 1. The average molecular weight is 455 g/mol. The number of carbonyl (C=O) groups excluding carboxylic acids is 1. The lowest BCUT2D eigenvalue weighted by Gasteiger charge is -2.71. The van der Waals surface area contributed by atoms with Gasteiger partial charge < -0.3 is 5.11 Å². The molecule has 0 unspecified atom stereocenters. The topological polar surface area (TPSA) is 54.4 Å². The van der Waals surface area contributed by atoms with Gasteiger partial charge in [-0.3, -0.25) is 9.59 Å². The van der Waals surface area contributed by atoms with Crippen LogP contribution in [0.4, 0.5) is 0 Å². The highest BCUT2D eigenvalue weighted by Crippen LogP contribution is 2.76. The molecule has 0 aromatic rings. The first-order valence-electron chi connectivity index (χ1n) is 13.7. The van der Waals surface area contributed by atoms with Crippen molar-refractivity contribution in [3.8, 4) is 0 Å². The first-order chi connectivity index (χ1) is 15.3. The second-order valence-corrected chi connectivity index (χ2v) is 14.4. The van der Waals surface area contributed by atoms with Crippen LogP contribution in [0, 0.1) is 62.6 Å². The van der Waals surface area contributed by atoms with Crippen LogP contribution in [-0.4, -0.2) is 16.9 Å². The molecule has 1 N–H and O–H groups in total. The Bertz CT molecular complexity index is 900. The third-order valence-electron chi connectivity index (χ3n) is 13.0. The summed E-state index contributed by atoms with van der Waals surface area (Å²) in [5.41, 5.74) is -0.377. The van der Waals surface area contributed by atoms with Crippen LogP contribution in [0.25, 0.3) is 0 Å². The number of fused-ring (bicyclic) bond motifs is 7. The van der Waals surface area contributed by atoms with E-state index >= 15 is 0 Å². The van der Waals surface area contributed by atoms with Crippen LogP contribution in [0.15, 0.2) is 12.2 Å². The molecule has 0 aromatic carbocycles. The highest BCUT2D eigenvalue weighted by atomic mass is 16.4. The van der Waals surface area contributed by atoms with E-state index in [1.165, 1.54) is 12.8 Å². The summed E-state index contributed by atoms with van der Waals surface area (Å²) in [6, 6.07) is 0. The fourth-order valence-corrected chi connectivity index (χ4v) is 11.1. The normalized spacial score (nSPS) is 52.6. The van der Waals surface area contributed by atoms with E-state index in [0.717, 1.165) is 38.5 Å². The molecule has 0 heterocycles. The largest absolute Gasteiger partial charge is 0.481 e. The molecular weight excluding hydrogens is 408 g/mol. The Kier molecular flexibility index (Phi) is 4.99. The number of ketones is 1. The standard InChI is InChI=1S/C30H46O3/c1-18(2)19-10-15-30(25(32)33)17-16-28(6)20(24(19)30)8-9-22-27(5)13-12-23(31)26(3,4)21(27)11-14-29(22,28)7/h12-13,18-22,24H,8-11,14-17H2,1-7H3,(H,32,33)/t19-,20+,21-,22+,24+,27-,28+,29+,30-/m0/s1. The van der Waals surface area contributed by atoms with Gasteiger partial charge in [0.2, 0.25) is 0 Å².